The third kappa shape index (κ3) is 5.59. The largest absolute Gasteiger partial charge is 0.496 e. The SMILES string of the molecule is COc1cccc(C(=O)N(C(=O)OC(C)Cl)N(C(=O)c2cccc(C)c2)C(C)(C)C)c1C. The van der Waals surface area contributed by atoms with Crippen molar-refractivity contribution in [2.24, 2.45) is 0 Å². The number of rotatable bonds is 4. The van der Waals surface area contributed by atoms with Crippen molar-refractivity contribution in [3.05, 3.63) is 64.7 Å². The number of alkyl halides is 1. The van der Waals surface area contributed by atoms with Gasteiger partial charge in [0.15, 0.2) is 5.56 Å². The fourth-order valence-corrected chi connectivity index (χ4v) is 3.30. The first-order valence-corrected chi connectivity index (χ1v) is 10.6. The number of benzene rings is 2. The number of halogens is 1. The van der Waals surface area contributed by atoms with Crippen molar-refractivity contribution < 1.29 is 23.9 Å². The number of nitrogens with zero attached hydrogens (tertiary/aromatic N) is 2. The Morgan fingerprint density at radius 1 is 1.00 bits per heavy atom. The zero-order valence-electron chi connectivity index (χ0n) is 19.4. The fraction of sp³-hybridized carbons (Fsp3) is 0.375. The van der Waals surface area contributed by atoms with E-state index in [0.717, 1.165) is 10.6 Å². The van der Waals surface area contributed by atoms with Crippen LogP contribution in [0.1, 0.15) is 59.5 Å². The molecule has 0 aliphatic heterocycles. The van der Waals surface area contributed by atoms with E-state index >= 15 is 0 Å². The summed E-state index contributed by atoms with van der Waals surface area (Å²) in [5.74, 6) is -0.795. The van der Waals surface area contributed by atoms with Gasteiger partial charge in [0.2, 0.25) is 0 Å². The standard InChI is InChI=1S/C24H29ClN2O5/c1-15-10-8-11-18(14-15)21(28)27(24(4,5)6)26(23(30)32-17(3)25)22(29)19-12-9-13-20(31-7)16(19)2/h8-14,17H,1-7H3. The number of ether oxygens (including phenoxy) is 2. The number of carbonyl (C=O) groups excluding carboxylic acids is 3. The van der Waals surface area contributed by atoms with Crippen LogP contribution in [-0.2, 0) is 4.74 Å². The summed E-state index contributed by atoms with van der Waals surface area (Å²) in [6, 6.07) is 11.8. The normalized spacial score (nSPS) is 12.0. The lowest BCUT2D eigenvalue weighted by Gasteiger charge is -2.41. The maximum atomic E-state index is 13.7. The van der Waals surface area contributed by atoms with E-state index in [9.17, 15) is 14.4 Å². The highest BCUT2D eigenvalue weighted by molar-refractivity contribution is 6.20. The van der Waals surface area contributed by atoms with Crippen molar-refractivity contribution in [3.63, 3.8) is 0 Å². The van der Waals surface area contributed by atoms with Gasteiger partial charge in [-0.25, -0.2) is 9.80 Å². The fourth-order valence-electron chi connectivity index (χ4n) is 3.22. The van der Waals surface area contributed by atoms with Crippen LogP contribution in [0.25, 0.3) is 0 Å². The van der Waals surface area contributed by atoms with Crippen molar-refractivity contribution in [1.29, 1.82) is 0 Å². The van der Waals surface area contributed by atoms with Crippen LogP contribution >= 0.6 is 11.6 Å². The summed E-state index contributed by atoms with van der Waals surface area (Å²) < 4.78 is 10.5. The Morgan fingerprint density at radius 3 is 2.16 bits per heavy atom. The molecule has 172 valence electrons. The third-order valence-electron chi connectivity index (χ3n) is 4.66. The predicted molar refractivity (Wildman–Crippen MR) is 123 cm³/mol. The predicted octanol–water partition coefficient (Wildman–Crippen LogP) is 5.33. The Balaban J connectivity index is 2.68. The maximum Gasteiger partial charge on any atom is 0.438 e. The second kappa shape index (κ2) is 10.0. The second-order valence-electron chi connectivity index (χ2n) is 8.33. The van der Waals surface area contributed by atoms with Crippen molar-refractivity contribution in [2.45, 2.75) is 52.6 Å². The summed E-state index contributed by atoms with van der Waals surface area (Å²) >= 11 is 5.88. The molecular formula is C24H29ClN2O5. The maximum absolute atomic E-state index is 13.7. The summed E-state index contributed by atoms with van der Waals surface area (Å²) in [5, 5.41) is 1.82. The lowest BCUT2D eigenvalue weighted by Crippen LogP contribution is -2.60. The van der Waals surface area contributed by atoms with E-state index in [4.69, 9.17) is 21.1 Å². The van der Waals surface area contributed by atoms with Gasteiger partial charge >= 0.3 is 6.09 Å². The zero-order valence-corrected chi connectivity index (χ0v) is 20.2. The Morgan fingerprint density at radius 2 is 1.62 bits per heavy atom. The number of amides is 3. The first-order valence-electron chi connectivity index (χ1n) is 10.1. The minimum Gasteiger partial charge on any atom is -0.496 e. The number of imide groups is 1. The molecule has 0 fully saturated rings. The molecular weight excluding hydrogens is 432 g/mol. The van der Waals surface area contributed by atoms with Gasteiger partial charge in [-0.05, 0) is 65.8 Å². The quantitative estimate of drug-likeness (QED) is 0.455. The summed E-state index contributed by atoms with van der Waals surface area (Å²) in [6.45, 7) is 10.2. The smallest absolute Gasteiger partial charge is 0.438 e. The van der Waals surface area contributed by atoms with Crippen LogP contribution in [0.3, 0.4) is 0 Å². The molecule has 2 rings (SSSR count). The number of carbonyl (C=O) groups is 3. The summed E-state index contributed by atoms with van der Waals surface area (Å²) in [6.07, 6.45) is -1.06. The van der Waals surface area contributed by atoms with Gasteiger partial charge in [0, 0.05) is 16.7 Å². The zero-order chi connectivity index (χ0) is 24.2. The molecule has 7 nitrogen and oxygen atoms in total. The first-order chi connectivity index (χ1) is 14.9. The average Bonchev–Trinajstić information content (AvgIpc) is 2.69. The molecule has 8 heteroatoms. The minimum absolute atomic E-state index is 0.190. The molecule has 0 N–H and O–H groups in total. The first kappa shape index (κ1) is 25.2. The number of methoxy groups -OCH3 is 1. The topological polar surface area (TPSA) is 76.2 Å². The summed E-state index contributed by atoms with van der Waals surface area (Å²) in [5.41, 5.74) is -0.0730. The molecule has 1 unspecified atom stereocenters. The van der Waals surface area contributed by atoms with E-state index in [1.54, 1.807) is 64.1 Å². The highest BCUT2D eigenvalue weighted by atomic mass is 35.5. The van der Waals surface area contributed by atoms with Gasteiger partial charge in [0.1, 0.15) is 5.75 Å². The van der Waals surface area contributed by atoms with Crippen molar-refractivity contribution in [3.8, 4) is 5.75 Å². The van der Waals surface area contributed by atoms with Crippen molar-refractivity contribution >= 4 is 29.5 Å². The molecule has 0 bridgehead atoms. The van der Waals surface area contributed by atoms with Gasteiger partial charge in [-0.1, -0.05) is 35.4 Å². The summed E-state index contributed by atoms with van der Waals surface area (Å²) in [7, 11) is 1.49. The van der Waals surface area contributed by atoms with Crippen LogP contribution < -0.4 is 4.74 Å². The summed E-state index contributed by atoms with van der Waals surface area (Å²) in [4.78, 5) is 40.4. The molecule has 0 saturated carbocycles. The lowest BCUT2D eigenvalue weighted by molar-refractivity contribution is -0.0410. The molecule has 1 atom stereocenters. The molecule has 0 heterocycles. The molecule has 2 aromatic rings. The van der Waals surface area contributed by atoms with Crippen LogP contribution in [0.15, 0.2) is 42.5 Å². The Labute approximate surface area is 193 Å². The molecule has 0 radical (unpaired) electrons. The van der Waals surface area contributed by atoms with E-state index in [1.165, 1.54) is 14.0 Å². The van der Waals surface area contributed by atoms with E-state index in [-0.39, 0.29) is 5.56 Å². The molecule has 0 aliphatic carbocycles. The van der Waals surface area contributed by atoms with Gasteiger partial charge in [-0.3, -0.25) is 9.59 Å². The van der Waals surface area contributed by atoms with Gasteiger partial charge in [0.25, 0.3) is 11.8 Å². The van der Waals surface area contributed by atoms with E-state index in [0.29, 0.717) is 21.9 Å². The van der Waals surface area contributed by atoms with Gasteiger partial charge in [0.05, 0.1) is 12.6 Å². The number of hydrogen-bond donors (Lipinski definition) is 0. The molecule has 0 aromatic heterocycles. The Bertz CT molecular complexity index is 1010. The lowest BCUT2D eigenvalue weighted by atomic mass is 10.0. The van der Waals surface area contributed by atoms with Crippen molar-refractivity contribution in [2.75, 3.05) is 7.11 Å². The van der Waals surface area contributed by atoms with Gasteiger partial charge in [-0.2, -0.15) is 0 Å². The highest BCUT2D eigenvalue weighted by Crippen LogP contribution is 2.27. The average molecular weight is 461 g/mol. The van der Waals surface area contributed by atoms with Crippen LogP contribution in [0.5, 0.6) is 5.75 Å². The monoisotopic (exact) mass is 460 g/mol. The number of hydrazine groups is 1. The van der Waals surface area contributed by atoms with Gasteiger partial charge in [-0.15, -0.1) is 5.01 Å². The van der Waals surface area contributed by atoms with Crippen LogP contribution in [0, 0.1) is 13.8 Å². The Hall–Kier alpha value is -3.06. The molecule has 0 spiro atoms. The van der Waals surface area contributed by atoms with E-state index in [2.05, 4.69) is 0 Å². The highest BCUT2D eigenvalue weighted by Gasteiger charge is 2.41. The number of aryl methyl sites for hydroxylation is 1. The molecule has 0 saturated heterocycles. The third-order valence-corrected chi connectivity index (χ3v) is 4.74. The van der Waals surface area contributed by atoms with Crippen molar-refractivity contribution in [1.82, 2.24) is 10.0 Å². The van der Waals surface area contributed by atoms with E-state index in [1.807, 2.05) is 13.0 Å². The molecule has 3 amide bonds. The van der Waals surface area contributed by atoms with Crippen LogP contribution in [-0.4, -0.2) is 46.1 Å². The number of hydrogen-bond acceptors (Lipinski definition) is 5. The van der Waals surface area contributed by atoms with Gasteiger partial charge < -0.3 is 9.47 Å². The molecule has 2 aromatic carbocycles. The van der Waals surface area contributed by atoms with Crippen LogP contribution in [0.4, 0.5) is 4.79 Å². The molecule has 0 aliphatic rings. The minimum atomic E-state index is -1.06. The molecule has 32 heavy (non-hydrogen) atoms. The van der Waals surface area contributed by atoms with E-state index < -0.39 is 29.0 Å². The Kier molecular flexibility index (Phi) is 7.91. The second-order valence-corrected chi connectivity index (χ2v) is 8.95. The van der Waals surface area contributed by atoms with Crippen LogP contribution in [0.2, 0.25) is 0 Å².